The molecule has 2 amide bonds. The van der Waals surface area contributed by atoms with Gasteiger partial charge in [0.2, 0.25) is 0 Å². The number of hydrogen-bond acceptors (Lipinski definition) is 3. The quantitative estimate of drug-likeness (QED) is 0.711. The number of carboxylic acids is 1. The van der Waals surface area contributed by atoms with Crippen LogP contribution in [-0.4, -0.2) is 32.9 Å². The lowest BCUT2D eigenvalue weighted by Gasteiger charge is -2.22. The number of carbonyl (C=O) groups excluding carboxylic acids is 1. The number of aromatic nitrogens is 2. The summed E-state index contributed by atoms with van der Waals surface area (Å²) in [7, 11) is 0. The second-order valence-corrected chi connectivity index (χ2v) is 4.78. The van der Waals surface area contributed by atoms with Gasteiger partial charge in [-0.25, -0.2) is 4.79 Å². The lowest BCUT2D eigenvalue weighted by atomic mass is 9.96. The molecule has 1 unspecified atom stereocenters. The summed E-state index contributed by atoms with van der Waals surface area (Å²) in [6.45, 7) is 5.94. The number of nitrogens with zero attached hydrogens (tertiary/aromatic N) is 2. The number of urea groups is 1. The number of aliphatic carboxylic acids is 1. The Balaban J connectivity index is 2.49. The molecule has 0 aliphatic heterocycles. The third-order valence-corrected chi connectivity index (χ3v) is 3.30. The molecular weight excluding hydrogens is 260 g/mol. The van der Waals surface area contributed by atoms with E-state index in [-0.39, 0.29) is 18.6 Å². The molecule has 1 atom stereocenters. The molecule has 1 aromatic rings. The van der Waals surface area contributed by atoms with Crippen LogP contribution in [0.3, 0.4) is 0 Å². The zero-order valence-corrected chi connectivity index (χ0v) is 12.1. The van der Waals surface area contributed by atoms with Gasteiger partial charge in [-0.15, -0.1) is 0 Å². The standard InChI is InChI=1S/C13H22N4O3/c1-4-10(5-2)9(3)15-13(20)16-11-6-14-17(7-11)8-12(18)19/h6-7,9-10H,4-5,8H2,1-3H3,(H,18,19)(H2,15,16,20). The van der Waals surface area contributed by atoms with Gasteiger partial charge < -0.3 is 15.7 Å². The average Bonchev–Trinajstić information content (AvgIpc) is 2.76. The van der Waals surface area contributed by atoms with E-state index in [9.17, 15) is 9.59 Å². The maximum absolute atomic E-state index is 11.8. The molecule has 0 fully saturated rings. The lowest BCUT2D eigenvalue weighted by molar-refractivity contribution is -0.137. The van der Waals surface area contributed by atoms with E-state index >= 15 is 0 Å². The van der Waals surface area contributed by atoms with Crippen molar-refractivity contribution in [1.82, 2.24) is 15.1 Å². The summed E-state index contributed by atoms with van der Waals surface area (Å²) in [5.41, 5.74) is 0.473. The van der Waals surface area contributed by atoms with Gasteiger partial charge in [-0.3, -0.25) is 9.48 Å². The van der Waals surface area contributed by atoms with Crippen LogP contribution in [0.4, 0.5) is 10.5 Å². The summed E-state index contributed by atoms with van der Waals surface area (Å²) in [6, 6.07) is -0.224. The summed E-state index contributed by atoms with van der Waals surface area (Å²) >= 11 is 0. The number of carbonyl (C=O) groups is 2. The van der Waals surface area contributed by atoms with Gasteiger partial charge in [-0.05, 0) is 12.8 Å². The predicted molar refractivity (Wildman–Crippen MR) is 75.6 cm³/mol. The molecule has 0 saturated carbocycles. The van der Waals surface area contributed by atoms with E-state index in [1.54, 1.807) is 0 Å². The van der Waals surface area contributed by atoms with E-state index in [0.717, 1.165) is 12.8 Å². The number of hydrogen-bond donors (Lipinski definition) is 3. The lowest BCUT2D eigenvalue weighted by Crippen LogP contribution is -2.40. The zero-order chi connectivity index (χ0) is 15.1. The Kier molecular flexibility index (Phi) is 6.02. The van der Waals surface area contributed by atoms with E-state index < -0.39 is 5.97 Å². The number of rotatable bonds is 7. The van der Waals surface area contributed by atoms with Crippen LogP contribution in [0.15, 0.2) is 12.4 Å². The third-order valence-electron chi connectivity index (χ3n) is 3.30. The van der Waals surface area contributed by atoms with Gasteiger partial charge in [-0.2, -0.15) is 5.10 Å². The Morgan fingerprint density at radius 1 is 1.40 bits per heavy atom. The van der Waals surface area contributed by atoms with E-state index in [2.05, 4.69) is 29.6 Å². The molecule has 0 aliphatic carbocycles. The van der Waals surface area contributed by atoms with Crippen LogP contribution in [0.5, 0.6) is 0 Å². The zero-order valence-electron chi connectivity index (χ0n) is 12.1. The van der Waals surface area contributed by atoms with Crippen LogP contribution in [-0.2, 0) is 11.3 Å². The number of carboxylic acid groups (broad SMARTS) is 1. The van der Waals surface area contributed by atoms with Crippen molar-refractivity contribution < 1.29 is 14.7 Å². The Morgan fingerprint density at radius 3 is 2.60 bits per heavy atom. The first-order valence-electron chi connectivity index (χ1n) is 6.78. The fraction of sp³-hybridized carbons (Fsp3) is 0.615. The molecular formula is C13H22N4O3. The van der Waals surface area contributed by atoms with Crippen LogP contribution in [0, 0.1) is 5.92 Å². The van der Waals surface area contributed by atoms with Gasteiger partial charge in [-0.1, -0.05) is 26.7 Å². The second-order valence-electron chi connectivity index (χ2n) is 4.78. The first-order valence-corrected chi connectivity index (χ1v) is 6.78. The van der Waals surface area contributed by atoms with Crippen LogP contribution in [0.2, 0.25) is 0 Å². The van der Waals surface area contributed by atoms with E-state index in [4.69, 9.17) is 5.11 Å². The highest BCUT2D eigenvalue weighted by Crippen LogP contribution is 2.13. The number of nitrogens with one attached hydrogen (secondary N) is 2. The molecule has 3 N–H and O–H groups in total. The van der Waals surface area contributed by atoms with Gasteiger partial charge in [0.15, 0.2) is 0 Å². The fourth-order valence-electron chi connectivity index (χ4n) is 2.14. The molecule has 1 heterocycles. The molecule has 0 bridgehead atoms. The van der Waals surface area contributed by atoms with Gasteiger partial charge in [0.1, 0.15) is 6.54 Å². The number of amides is 2. The Hall–Kier alpha value is -2.05. The highest BCUT2D eigenvalue weighted by atomic mass is 16.4. The van der Waals surface area contributed by atoms with Gasteiger partial charge in [0.05, 0.1) is 11.9 Å². The van der Waals surface area contributed by atoms with Crippen molar-refractivity contribution in [2.24, 2.45) is 5.92 Å². The van der Waals surface area contributed by atoms with Gasteiger partial charge in [0, 0.05) is 12.2 Å². The molecule has 112 valence electrons. The summed E-state index contributed by atoms with van der Waals surface area (Å²) in [5.74, 6) is -0.540. The SMILES string of the molecule is CCC(CC)C(C)NC(=O)Nc1cnn(CC(=O)O)c1. The van der Waals surface area contributed by atoms with Crippen LogP contribution in [0.25, 0.3) is 0 Å². The first kappa shape index (κ1) is 16.0. The highest BCUT2D eigenvalue weighted by Gasteiger charge is 2.16. The molecule has 0 radical (unpaired) electrons. The van der Waals surface area contributed by atoms with Gasteiger partial charge in [0.25, 0.3) is 0 Å². The van der Waals surface area contributed by atoms with Crippen LogP contribution < -0.4 is 10.6 Å². The van der Waals surface area contributed by atoms with E-state index in [1.165, 1.54) is 17.1 Å². The highest BCUT2D eigenvalue weighted by molar-refractivity contribution is 5.89. The minimum atomic E-state index is -0.980. The summed E-state index contributed by atoms with van der Waals surface area (Å²) < 4.78 is 1.25. The summed E-state index contributed by atoms with van der Waals surface area (Å²) in [4.78, 5) is 22.3. The predicted octanol–water partition coefficient (Wildman–Crippen LogP) is 1.91. The molecule has 0 aliphatic rings. The van der Waals surface area contributed by atoms with Crippen molar-refractivity contribution in [2.75, 3.05) is 5.32 Å². The maximum atomic E-state index is 11.8. The van der Waals surface area contributed by atoms with Crippen molar-refractivity contribution in [3.63, 3.8) is 0 Å². The van der Waals surface area contributed by atoms with Crippen molar-refractivity contribution in [1.29, 1.82) is 0 Å². The normalized spacial score (nSPS) is 12.2. The van der Waals surface area contributed by atoms with Crippen molar-refractivity contribution in [3.05, 3.63) is 12.4 Å². The molecule has 7 heteroatoms. The monoisotopic (exact) mass is 282 g/mol. The molecule has 0 aromatic carbocycles. The van der Waals surface area contributed by atoms with Crippen LogP contribution in [0.1, 0.15) is 33.6 Å². The van der Waals surface area contributed by atoms with Crippen molar-refractivity contribution in [2.45, 2.75) is 46.2 Å². The fourth-order valence-corrected chi connectivity index (χ4v) is 2.14. The molecule has 0 spiro atoms. The minimum absolute atomic E-state index is 0.0825. The molecule has 7 nitrogen and oxygen atoms in total. The Morgan fingerprint density at radius 2 is 2.05 bits per heavy atom. The number of anilines is 1. The largest absolute Gasteiger partial charge is 0.480 e. The van der Waals surface area contributed by atoms with Crippen molar-refractivity contribution >= 4 is 17.7 Å². The first-order chi connectivity index (χ1) is 9.46. The topological polar surface area (TPSA) is 96.3 Å². The van der Waals surface area contributed by atoms with Crippen LogP contribution >= 0.6 is 0 Å². The Bertz CT molecular complexity index is 454. The molecule has 0 saturated heterocycles. The van der Waals surface area contributed by atoms with E-state index in [0.29, 0.717) is 11.6 Å². The minimum Gasteiger partial charge on any atom is -0.480 e. The molecule has 20 heavy (non-hydrogen) atoms. The second kappa shape index (κ2) is 7.52. The third kappa shape index (κ3) is 4.91. The summed E-state index contributed by atoms with van der Waals surface area (Å²) in [5, 5.41) is 18.0. The maximum Gasteiger partial charge on any atom is 0.325 e. The molecule has 1 rings (SSSR count). The Labute approximate surface area is 118 Å². The average molecular weight is 282 g/mol. The van der Waals surface area contributed by atoms with Crippen molar-refractivity contribution in [3.8, 4) is 0 Å². The molecule has 1 aromatic heterocycles. The smallest absolute Gasteiger partial charge is 0.325 e. The van der Waals surface area contributed by atoms with E-state index in [1.807, 2.05) is 6.92 Å². The summed E-state index contributed by atoms with van der Waals surface area (Å²) in [6.07, 6.45) is 4.92. The van der Waals surface area contributed by atoms with Gasteiger partial charge >= 0.3 is 12.0 Å².